The fourth-order valence-electron chi connectivity index (χ4n) is 4.67. The lowest BCUT2D eigenvalue weighted by Crippen LogP contribution is -2.45. The zero-order chi connectivity index (χ0) is 24.2. The fraction of sp³-hybridized carbons (Fsp3) is 0.276. The van der Waals surface area contributed by atoms with Crippen LogP contribution >= 0.6 is 11.3 Å². The first-order chi connectivity index (χ1) is 17.1. The fourth-order valence-corrected chi connectivity index (χ4v) is 5.53. The summed E-state index contributed by atoms with van der Waals surface area (Å²) in [6.45, 7) is 3.77. The number of rotatable bonds is 6. The average molecular weight is 484 g/mol. The molecule has 0 saturated carbocycles. The van der Waals surface area contributed by atoms with Gasteiger partial charge in [0, 0.05) is 42.6 Å². The highest BCUT2D eigenvalue weighted by Crippen LogP contribution is 2.25. The molecule has 1 fully saturated rings. The molecule has 0 spiro atoms. The Labute approximate surface area is 209 Å². The number of amides is 2. The van der Waals surface area contributed by atoms with Crippen LogP contribution in [0.1, 0.15) is 34.5 Å². The zero-order valence-corrected chi connectivity index (χ0v) is 20.7. The van der Waals surface area contributed by atoms with E-state index in [0.717, 1.165) is 39.9 Å². The maximum absolute atomic E-state index is 13.3. The number of hydrogen-bond acceptors (Lipinski definition) is 4. The van der Waals surface area contributed by atoms with Gasteiger partial charge in [0.25, 0.3) is 5.91 Å². The van der Waals surface area contributed by atoms with Gasteiger partial charge in [-0.25, -0.2) is 4.98 Å². The van der Waals surface area contributed by atoms with Crippen molar-refractivity contribution in [3.05, 3.63) is 88.9 Å². The Morgan fingerprint density at radius 3 is 2.71 bits per heavy atom. The van der Waals surface area contributed by atoms with Crippen LogP contribution in [0.15, 0.2) is 72.1 Å². The van der Waals surface area contributed by atoms with Gasteiger partial charge in [0.05, 0.1) is 11.6 Å². The molecule has 1 aliphatic heterocycles. The van der Waals surface area contributed by atoms with Gasteiger partial charge in [-0.15, -0.1) is 11.3 Å². The Balaban J connectivity index is 1.16. The largest absolute Gasteiger partial charge is 0.355 e. The summed E-state index contributed by atoms with van der Waals surface area (Å²) in [6, 6.07) is 22.1. The zero-order valence-electron chi connectivity index (χ0n) is 19.9. The van der Waals surface area contributed by atoms with Crippen molar-refractivity contribution in [1.82, 2.24) is 15.2 Å². The third-order valence-electron chi connectivity index (χ3n) is 6.63. The summed E-state index contributed by atoms with van der Waals surface area (Å²) in [7, 11) is 0. The molecule has 0 bridgehead atoms. The van der Waals surface area contributed by atoms with Crippen LogP contribution in [0, 0.1) is 12.8 Å². The Kier molecular flexibility index (Phi) is 6.91. The molecule has 1 atom stereocenters. The van der Waals surface area contributed by atoms with Gasteiger partial charge < -0.3 is 10.2 Å². The minimum absolute atomic E-state index is 0.00501. The van der Waals surface area contributed by atoms with E-state index in [1.54, 1.807) is 11.3 Å². The van der Waals surface area contributed by atoms with Crippen LogP contribution in [0.4, 0.5) is 0 Å². The van der Waals surface area contributed by atoms with Crippen molar-refractivity contribution in [3.8, 4) is 10.6 Å². The van der Waals surface area contributed by atoms with Crippen molar-refractivity contribution < 1.29 is 9.59 Å². The first-order valence-electron chi connectivity index (χ1n) is 12.1. The summed E-state index contributed by atoms with van der Waals surface area (Å²) in [4.78, 5) is 32.8. The van der Waals surface area contributed by atoms with E-state index in [9.17, 15) is 9.59 Å². The maximum atomic E-state index is 13.3. The number of likely N-dealkylation sites (tertiary alicyclic amines) is 1. The van der Waals surface area contributed by atoms with E-state index in [1.165, 1.54) is 5.56 Å². The van der Waals surface area contributed by atoms with E-state index in [1.807, 2.05) is 47.4 Å². The third-order valence-corrected chi connectivity index (χ3v) is 7.57. The SMILES string of the molecule is Cc1ccc(-c2nc(CCNC(=O)C3CCCN(C(=O)c4cccc5ccccc45)C3)cs2)cc1. The molecule has 5 rings (SSSR count). The number of piperidine rings is 1. The first-order valence-corrected chi connectivity index (χ1v) is 13.0. The van der Waals surface area contributed by atoms with Crippen LogP contribution in [0.3, 0.4) is 0 Å². The van der Waals surface area contributed by atoms with Crippen molar-refractivity contribution in [1.29, 1.82) is 0 Å². The summed E-state index contributed by atoms with van der Waals surface area (Å²) in [5, 5.41) is 8.15. The number of nitrogens with zero attached hydrogens (tertiary/aromatic N) is 2. The van der Waals surface area contributed by atoms with Gasteiger partial charge in [0.2, 0.25) is 5.91 Å². The Hall–Kier alpha value is -3.51. The predicted octanol–water partition coefficient (Wildman–Crippen LogP) is 5.48. The predicted molar refractivity (Wildman–Crippen MR) is 142 cm³/mol. The highest BCUT2D eigenvalue weighted by molar-refractivity contribution is 7.13. The Morgan fingerprint density at radius 2 is 1.86 bits per heavy atom. The van der Waals surface area contributed by atoms with Gasteiger partial charge >= 0.3 is 0 Å². The van der Waals surface area contributed by atoms with Crippen LogP contribution in [0.2, 0.25) is 0 Å². The lowest BCUT2D eigenvalue weighted by atomic mass is 9.95. The van der Waals surface area contributed by atoms with E-state index in [4.69, 9.17) is 4.98 Å². The number of thiazole rings is 1. The maximum Gasteiger partial charge on any atom is 0.254 e. The third kappa shape index (κ3) is 5.28. The van der Waals surface area contributed by atoms with E-state index in [-0.39, 0.29) is 17.7 Å². The van der Waals surface area contributed by atoms with Gasteiger partial charge in [-0.05, 0) is 36.6 Å². The van der Waals surface area contributed by atoms with Crippen LogP contribution in [0.25, 0.3) is 21.3 Å². The highest BCUT2D eigenvalue weighted by atomic mass is 32.1. The molecule has 35 heavy (non-hydrogen) atoms. The second-order valence-electron chi connectivity index (χ2n) is 9.17. The molecular formula is C29H29N3O2S. The topological polar surface area (TPSA) is 62.3 Å². The van der Waals surface area contributed by atoms with Gasteiger partial charge in [0.15, 0.2) is 0 Å². The summed E-state index contributed by atoms with van der Waals surface area (Å²) in [5.74, 6) is -0.152. The molecule has 3 aromatic carbocycles. The lowest BCUT2D eigenvalue weighted by Gasteiger charge is -2.32. The Morgan fingerprint density at radius 1 is 1.06 bits per heavy atom. The van der Waals surface area contributed by atoms with Crippen molar-refractivity contribution >= 4 is 33.9 Å². The molecule has 1 saturated heterocycles. The second kappa shape index (κ2) is 10.4. The Bertz CT molecular complexity index is 1340. The molecule has 1 unspecified atom stereocenters. The molecular weight excluding hydrogens is 454 g/mol. The van der Waals surface area contributed by atoms with Gasteiger partial charge in [-0.3, -0.25) is 9.59 Å². The normalized spacial score (nSPS) is 15.8. The van der Waals surface area contributed by atoms with Crippen LogP contribution in [-0.2, 0) is 11.2 Å². The van der Waals surface area contributed by atoms with E-state index < -0.39 is 0 Å². The van der Waals surface area contributed by atoms with Crippen molar-refractivity contribution in [2.45, 2.75) is 26.2 Å². The molecule has 4 aromatic rings. The molecule has 5 nitrogen and oxygen atoms in total. The number of carbonyl (C=O) groups is 2. The standard InChI is InChI=1S/C29H29N3O2S/c1-20-11-13-22(14-12-20)28-31-24(19-35-28)15-16-30-27(33)23-8-5-17-32(18-23)29(34)26-10-4-7-21-6-2-3-9-25(21)26/h2-4,6-7,9-14,19,23H,5,8,15-18H2,1H3,(H,30,33). The number of carbonyl (C=O) groups excluding carboxylic acids is 2. The minimum atomic E-state index is -0.179. The number of aromatic nitrogens is 1. The first kappa shape index (κ1) is 23.2. The minimum Gasteiger partial charge on any atom is -0.355 e. The summed E-state index contributed by atoms with van der Waals surface area (Å²) < 4.78 is 0. The number of benzene rings is 3. The molecule has 1 aliphatic rings. The quantitative estimate of drug-likeness (QED) is 0.395. The molecule has 1 N–H and O–H groups in total. The number of hydrogen-bond donors (Lipinski definition) is 1. The van der Waals surface area contributed by atoms with Crippen molar-refractivity contribution in [2.75, 3.05) is 19.6 Å². The van der Waals surface area contributed by atoms with Crippen LogP contribution in [0.5, 0.6) is 0 Å². The van der Waals surface area contributed by atoms with Crippen LogP contribution in [-0.4, -0.2) is 41.3 Å². The smallest absolute Gasteiger partial charge is 0.254 e. The highest BCUT2D eigenvalue weighted by Gasteiger charge is 2.29. The lowest BCUT2D eigenvalue weighted by molar-refractivity contribution is -0.126. The van der Waals surface area contributed by atoms with E-state index in [2.05, 4.69) is 41.9 Å². The molecule has 1 aromatic heterocycles. The van der Waals surface area contributed by atoms with E-state index >= 15 is 0 Å². The second-order valence-corrected chi connectivity index (χ2v) is 10.0. The summed E-state index contributed by atoms with van der Waals surface area (Å²) >= 11 is 1.63. The molecule has 2 amide bonds. The molecule has 178 valence electrons. The molecule has 2 heterocycles. The van der Waals surface area contributed by atoms with Crippen molar-refractivity contribution in [2.24, 2.45) is 5.92 Å². The molecule has 0 aliphatic carbocycles. The van der Waals surface area contributed by atoms with Crippen LogP contribution < -0.4 is 5.32 Å². The van der Waals surface area contributed by atoms with E-state index in [0.29, 0.717) is 31.6 Å². The average Bonchev–Trinajstić information content (AvgIpc) is 3.37. The van der Waals surface area contributed by atoms with Crippen molar-refractivity contribution in [3.63, 3.8) is 0 Å². The number of aryl methyl sites for hydroxylation is 1. The summed E-state index contributed by atoms with van der Waals surface area (Å²) in [5.41, 5.74) is 4.04. The van der Waals surface area contributed by atoms with Gasteiger partial charge in [-0.1, -0.05) is 66.2 Å². The summed E-state index contributed by atoms with van der Waals surface area (Å²) in [6.07, 6.45) is 2.33. The van der Waals surface area contributed by atoms with Gasteiger partial charge in [0.1, 0.15) is 5.01 Å². The molecule has 6 heteroatoms. The number of fused-ring (bicyclic) bond motifs is 1. The van der Waals surface area contributed by atoms with Gasteiger partial charge in [-0.2, -0.15) is 0 Å². The molecule has 0 radical (unpaired) electrons. The monoisotopic (exact) mass is 483 g/mol. The number of nitrogens with one attached hydrogen (secondary N) is 1.